The Balaban J connectivity index is 2.32. The molecule has 0 spiro atoms. The highest BCUT2D eigenvalue weighted by Crippen LogP contribution is 2.35. The van der Waals surface area contributed by atoms with Crippen LogP contribution in [0.3, 0.4) is 0 Å². The van der Waals surface area contributed by atoms with Crippen molar-refractivity contribution in [1.82, 2.24) is 9.88 Å². The Morgan fingerprint density at radius 1 is 1.50 bits per heavy atom. The molecule has 2 heterocycles. The summed E-state index contributed by atoms with van der Waals surface area (Å²) in [5, 5.41) is 0. The SMILES string of the molecule is CCN1CCC[C@H]1c1cccnc1N(C)C. The monoisotopic (exact) mass is 219 g/mol. The van der Waals surface area contributed by atoms with Gasteiger partial charge >= 0.3 is 0 Å². The van der Waals surface area contributed by atoms with E-state index in [0.29, 0.717) is 6.04 Å². The largest absolute Gasteiger partial charge is 0.362 e. The van der Waals surface area contributed by atoms with E-state index in [1.165, 1.54) is 24.9 Å². The van der Waals surface area contributed by atoms with E-state index in [1.807, 2.05) is 6.20 Å². The van der Waals surface area contributed by atoms with Crippen molar-refractivity contribution in [2.24, 2.45) is 0 Å². The molecular formula is C13H21N3. The zero-order valence-corrected chi connectivity index (χ0v) is 10.5. The van der Waals surface area contributed by atoms with E-state index in [9.17, 15) is 0 Å². The smallest absolute Gasteiger partial charge is 0.132 e. The quantitative estimate of drug-likeness (QED) is 0.777. The van der Waals surface area contributed by atoms with E-state index < -0.39 is 0 Å². The molecule has 0 N–H and O–H groups in total. The molecular weight excluding hydrogens is 198 g/mol. The molecule has 1 aliphatic rings. The highest BCUT2D eigenvalue weighted by molar-refractivity contribution is 5.47. The molecule has 1 aromatic heterocycles. The lowest BCUT2D eigenvalue weighted by Gasteiger charge is -2.26. The lowest BCUT2D eigenvalue weighted by Crippen LogP contribution is -2.25. The molecule has 0 saturated carbocycles. The second-order valence-electron chi connectivity index (χ2n) is 4.60. The molecule has 3 nitrogen and oxygen atoms in total. The highest BCUT2D eigenvalue weighted by atomic mass is 15.2. The Hall–Kier alpha value is -1.09. The number of rotatable bonds is 3. The fourth-order valence-corrected chi connectivity index (χ4v) is 2.60. The minimum Gasteiger partial charge on any atom is -0.362 e. The van der Waals surface area contributed by atoms with Gasteiger partial charge in [-0.05, 0) is 32.0 Å². The van der Waals surface area contributed by atoms with Crippen LogP contribution < -0.4 is 4.90 Å². The normalized spacial score (nSPS) is 21.3. The molecule has 3 heteroatoms. The zero-order valence-electron chi connectivity index (χ0n) is 10.5. The number of anilines is 1. The minimum absolute atomic E-state index is 0.566. The second kappa shape index (κ2) is 4.83. The van der Waals surface area contributed by atoms with Gasteiger partial charge in [0.25, 0.3) is 0 Å². The number of likely N-dealkylation sites (tertiary alicyclic amines) is 1. The van der Waals surface area contributed by atoms with Crippen LogP contribution in [0.5, 0.6) is 0 Å². The van der Waals surface area contributed by atoms with Gasteiger partial charge in [0, 0.05) is 31.9 Å². The Bertz CT molecular complexity index is 349. The van der Waals surface area contributed by atoms with Crippen LogP contribution in [0.25, 0.3) is 0 Å². The van der Waals surface area contributed by atoms with Crippen LogP contribution in [0.15, 0.2) is 18.3 Å². The van der Waals surface area contributed by atoms with Crippen molar-refractivity contribution in [1.29, 1.82) is 0 Å². The van der Waals surface area contributed by atoms with E-state index >= 15 is 0 Å². The lowest BCUT2D eigenvalue weighted by molar-refractivity contribution is 0.271. The van der Waals surface area contributed by atoms with Crippen molar-refractivity contribution in [2.45, 2.75) is 25.8 Å². The molecule has 0 amide bonds. The maximum Gasteiger partial charge on any atom is 0.132 e. The van der Waals surface area contributed by atoms with Gasteiger partial charge in [-0.2, -0.15) is 0 Å². The Morgan fingerprint density at radius 2 is 2.31 bits per heavy atom. The standard InChI is InChI=1S/C13H21N3/c1-4-16-10-6-8-12(16)11-7-5-9-14-13(11)15(2)3/h5,7,9,12H,4,6,8,10H2,1-3H3/t12-/m0/s1. The first-order chi connectivity index (χ1) is 7.74. The van der Waals surface area contributed by atoms with E-state index in [-0.39, 0.29) is 0 Å². The Kier molecular flexibility index (Phi) is 3.44. The van der Waals surface area contributed by atoms with Crippen LogP contribution in [0.2, 0.25) is 0 Å². The van der Waals surface area contributed by atoms with Gasteiger partial charge in [0.2, 0.25) is 0 Å². The van der Waals surface area contributed by atoms with Crippen molar-refractivity contribution in [3.63, 3.8) is 0 Å². The van der Waals surface area contributed by atoms with Crippen LogP contribution in [-0.4, -0.2) is 37.1 Å². The molecule has 0 unspecified atom stereocenters. The number of nitrogens with zero attached hydrogens (tertiary/aromatic N) is 3. The third-order valence-electron chi connectivity index (χ3n) is 3.37. The van der Waals surface area contributed by atoms with Crippen molar-refractivity contribution >= 4 is 5.82 Å². The van der Waals surface area contributed by atoms with E-state index in [4.69, 9.17) is 0 Å². The van der Waals surface area contributed by atoms with Gasteiger partial charge in [-0.3, -0.25) is 4.90 Å². The third kappa shape index (κ3) is 2.05. The number of pyridine rings is 1. The van der Waals surface area contributed by atoms with Crippen LogP contribution >= 0.6 is 0 Å². The molecule has 1 saturated heterocycles. The molecule has 0 radical (unpaired) electrons. The van der Waals surface area contributed by atoms with Gasteiger partial charge in [0.1, 0.15) is 5.82 Å². The number of hydrogen-bond donors (Lipinski definition) is 0. The van der Waals surface area contributed by atoms with Gasteiger partial charge in [0.15, 0.2) is 0 Å². The van der Waals surface area contributed by atoms with Crippen molar-refractivity contribution < 1.29 is 0 Å². The summed E-state index contributed by atoms with van der Waals surface area (Å²) in [6.45, 7) is 4.60. The van der Waals surface area contributed by atoms with E-state index in [0.717, 1.165) is 12.4 Å². The molecule has 88 valence electrons. The molecule has 1 atom stereocenters. The van der Waals surface area contributed by atoms with Crippen LogP contribution in [0.4, 0.5) is 5.82 Å². The molecule has 0 bridgehead atoms. The first-order valence-corrected chi connectivity index (χ1v) is 6.10. The summed E-state index contributed by atoms with van der Waals surface area (Å²) in [6.07, 6.45) is 4.45. The third-order valence-corrected chi connectivity index (χ3v) is 3.37. The lowest BCUT2D eigenvalue weighted by atomic mass is 10.1. The van der Waals surface area contributed by atoms with Gasteiger partial charge in [0.05, 0.1) is 0 Å². The van der Waals surface area contributed by atoms with Crippen molar-refractivity contribution in [2.75, 3.05) is 32.1 Å². The van der Waals surface area contributed by atoms with Gasteiger partial charge in [-0.15, -0.1) is 0 Å². The zero-order chi connectivity index (χ0) is 11.5. The van der Waals surface area contributed by atoms with Crippen LogP contribution in [-0.2, 0) is 0 Å². The van der Waals surface area contributed by atoms with Gasteiger partial charge in [-0.25, -0.2) is 4.98 Å². The Morgan fingerprint density at radius 3 is 3.00 bits per heavy atom. The van der Waals surface area contributed by atoms with Crippen LogP contribution in [0, 0.1) is 0 Å². The van der Waals surface area contributed by atoms with E-state index in [1.54, 1.807) is 0 Å². The average molecular weight is 219 g/mol. The molecule has 1 aliphatic heterocycles. The van der Waals surface area contributed by atoms with Gasteiger partial charge in [-0.1, -0.05) is 13.0 Å². The van der Waals surface area contributed by atoms with Gasteiger partial charge < -0.3 is 4.90 Å². The Labute approximate surface area is 98.1 Å². The molecule has 0 aromatic carbocycles. The fraction of sp³-hybridized carbons (Fsp3) is 0.615. The predicted octanol–water partition coefficient (Wildman–Crippen LogP) is 2.30. The van der Waals surface area contributed by atoms with E-state index in [2.05, 4.69) is 47.9 Å². The first-order valence-electron chi connectivity index (χ1n) is 6.10. The summed E-state index contributed by atoms with van der Waals surface area (Å²) in [5.74, 6) is 1.12. The summed E-state index contributed by atoms with van der Waals surface area (Å²) < 4.78 is 0. The first kappa shape index (κ1) is 11.4. The molecule has 1 fully saturated rings. The maximum absolute atomic E-state index is 4.49. The predicted molar refractivity (Wildman–Crippen MR) is 67.8 cm³/mol. The second-order valence-corrected chi connectivity index (χ2v) is 4.60. The summed E-state index contributed by atoms with van der Waals surface area (Å²) in [6, 6.07) is 4.84. The van der Waals surface area contributed by atoms with Crippen molar-refractivity contribution in [3.8, 4) is 0 Å². The number of aromatic nitrogens is 1. The number of hydrogen-bond acceptors (Lipinski definition) is 3. The average Bonchev–Trinajstić information content (AvgIpc) is 2.76. The summed E-state index contributed by atoms with van der Waals surface area (Å²) >= 11 is 0. The fourth-order valence-electron chi connectivity index (χ4n) is 2.60. The van der Waals surface area contributed by atoms with Crippen molar-refractivity contribution in [3.05, 3.63) is 23.9 Å². The maximum atomic E-state index is 4.49. The minimum atomic E-state index is 0.566. The molecule has 2 rings (SSSR count). The molecule has 1 aromatic rings. The molecule has 16 heavy (non-hydrogen) atoms. The highest BCUT2D eigenvalue weighted by Gasteiger charge is 2.27. The summed E-state index contributed by atoms with van der Waals surface area (Å²) in [5.41, 5.74) is 1.38. The molecule has 0 aliphatic carbocycles. The van der Waals surface area contributed by atoms with Crippen LogP contribution in [0.1, 0.15) is 31.4 Å². The summed E-state index contributed by atoms with van der Waals surface area (Å²) in [4.78, 5) is 9.15. The summed E-state index contributed by atoms with van der Waals surface area (Å²) in [7, 11) is 4.13. The topological polar surface area (TPSA) is 19.4 Å².